The number of anilines is 2. The molecule has 0 aliphatic rings. The lowest BCUT2D eigenvalue weighted by Gasteiger charge is -2.13. The van der Waals surface area contributed by atoms with E-state index < -0.39 is 12.3 Å². The van der Waals surface area contributed by atoms with E-state index in [0.717, 1.165) is 0 Å². The third-order valence-corrected chi connectivity index (χ3v) is 5.18. The molecule has 0 saturated carbocycles. The van der Waals surface area contributed by atoms with Crippen LogP contribution in [-0.4, -0.2) is 61.5 Å². The molecule has 13 heteroatoms. The molecule has 0 saturated heterocycles. The van der Waals surface area contributed by atoms with Gasteiger partial charge in [0, 0.05) is 50.2 Å². The molecule has 0 spiro atoms. The number of nitrogens with one attached hydrogen (secondary N) is 1. The van der Waals surface area contributed by atoms with Crippen LogP contribution in [0.25, 0.3) is 16.9 Å². The van der Waals surface area contributed by atoms with Crippen LogP contribution >= 0.6 is 11.6 Å². The first-order chi connectivity index (χ1) is 16.6. The summed E-state index contributed by atoms with van der Waals surface area (Å²) in [5, 5.41) is 11.6. The van der Waals surface area contributed by atoms with Gasteiger partial charge in [0.2, 0.25) is 12.3 Å². The van der Waals surface area contributed by atoms with Crippen molar-refractivity contribution < 1.29 is 18.7 Å². The zero-order chi connectivity index (χ0) is 25.3. The number of halogens is 2. The molecule has 0 bridgehead atoms. The van der Waals surface area contributed by atoms with Crippen molar-refractivity contribution >= 4 is 40.6 Å². The second-order valence-corrected chi connectivity index (χ2v) is 8.22. The molecule has 3 N–H and O–H groups in total. The maximum absolute atomic E-state index is 13.7. The number of carbonyl (C=O) groups excluding carboxylic acids is 2. The molecule has 4 aromatic rings. The van der Waals surface area contributed by atoms with Gasteiger partial charge in [0.05, 0.1) is 5.69 Å². The summed E-state index contributed by atoms with van der Waals surface area (Å²) in [5.74, 6) is -0.690. The quantitative estimate of drug-likeness (QED) is 0.398. The minimum absolute atomic E-state index is 0.0176. The average Bonchev–Trinajstić information content (AvgIpc) is 3.33. The third-order valence-electron chi connectivity index (χ3n) is 4.94. The van der Waals surface area contributed by atoms with Crippen LogP contribution in [0.4, 0.5) is 15.9 Å². The molecule has 3 heterocycles. The Bertz CT molecular complexity index is 1420. The SMILES string of the molecule is CC(F)Oc1ccc(Cl)cc1-c1nn(CC(=O)N(C)C)cc1NC(=O)c1c(N)nn2cccnc12. The number of amides is 2. The molecule has 0 radical (unpaired) electrons. The molecule has 0 aliphatic heterocycles. The van der Waals surface area contributed by atoms with Gasteiger partial charge in [-0.3, -0.25) is 14.3 Å². The summed E-state index contributed by atoms with van der Waals surface area (Å²) in [4.78, 5) is 31.1. The Morgan fingerprint density at radius 2 is 2.09 bits per heavy atom. The Hall–Kier alpha value is -4.19. The van der Waals surface area contributed by atoms with E-state index in [1.54, 1.807) is 32.4 Å². The molecule has 11 nitrogen and oxygen atoms in total. The minimum Gasteiger partial charge on any atom is -0.460 e. The summed E-state index contributed by atoms with van der Waals surface area (Å²) in [6, 6.07) is 6.22. The lowest BCUT2D eigenvalue weighted by molar-refractivity contribution is -0.129. The van der Waals surface area contributed by atoms with E-state index >= 15 is 0 Å². The first kappa shape index (κ1) is 24.0. The number of ether oxygens (including phenoxy) is 1. The second-order valence-electron chi connectivity index (χ2n) is 7.78. The molecule has 1 aromatic carbocycles. The van der Waals surface area contributed by atoms with Crippen LogP contribution in [0.1, 0.15) is 17.3 Å². The van der Waals surface area contributed by atoms with E-state index in [1.807, 2.05) is 0 Å². The van der Waals surface area contributed by atoms with Gasteiger partial charge >= 0.3 is 0 Å². The highest BCUT2D eigenvalue weighted by Gasteiger charge is 2.24. The second kappa shape index (κ2) is 9.58. The third kappa shape index (κ3) is 5.01. The average molecular weight is 501 g/mol. The molecule has 182 valence electrons. The van der Waals surface area contributed by atoms with Crippen molar-refractivity contribution in [3.05, 3.63) is 53.4 Å². The van der Waals surface area contributed by atoms with Crippen molar-refractivity contribution in [3.63, 3.8) is 0 Å². The maximum atomic E-state index is 13.7. The van der Waals surface area contributed by atoms with E-state index in [1.165, 1.54) is 45.5 Å². The van der Waals surface area contributed by atoms with Crippen LogP contribution in [0.3, 0.4) is 0 Å². The monoisotopic (exact) mass is 500 g/mol. The summed E-state index contributed by atoms with van der Waals surface area (Å²) >= 11 is 6.19. The molecule has 0 aliphatic carbocycles. The number of fused-ring (bicyclic) bond motifs is 1. The van der Waals surface area contributed by atoms with E-state index in [-0.39, 0.29) is 46.6 Å². The van der Waals surface area contributed by atoms with Gasteiger partial charge in [0.25, 0.3) is 5.91 Å². The fourth-order valence-corrected chi connectivity index (χ4v) is 3.52. The van der Waals surface area contributed by atoms with Gasteiger partial charge < -0.3 is 20.7 Å². The molecule has 35 heavy (non-hydrogen) atoms. The van der Waals surface area contributed by atoms with Crippen LogP contribution in [0.2, 0.25) is 5.02 Å². The van der Waals surface area contributed by atoms with Crippen LogP contribution in [0, 0.1) is 0 Å². The largest absolute Gasteiger partial charge is 0.460 e. The maximum Gasteiger partial charge on any atom is 0.263 e. The summed E-state index contributed by atoms with van der Waals surface area (Å²) in [5.41, 5.74) is 7.05. The molecule has 3 aromatic heterocycles. The number of hydrogen-bond donors (Lipinski definition) is 2. The standard InChI is InChI=1S/C22H22ClFN8O3/c1-12(24)35-16-6-5-13(23)9-14(16)19-15(10-31(28-19)11-17(33)30(2)3)27-22(34)18-20(25)29-32-8-4-7-26-21(18)32/h4-10,12H,11H2,1-3H3,(H2,25,29)(H,27,34). The van der Waals surface area contributed by atoms with E-state index in [4.69, 9.17) is 22.1 Å². The van der Waals surface area contributed by atoms with Gasteiger partial charge in [-0.15, -0.1) is 5.10 Å². The number of benzene rings is 1. The first-order valence-corrected chi connectivity index (χ1v) is 10.8. The predicted molar refractivity (Wildman–Crippen MR) is 128 cm³/mol. The number of nitrogen functional groups attached to an aromatic ring is 1. The first-order valence-electron chi connectivity index (χ1n) is 10.4. The lowest BCUT2D eigenvalue weighted by atomic mass is 10.1. The van der Waals surface area contributed by atoms with Gasteiger partial charge in [0.1, 0.15) is 23.6 Å². The summed E-state index contributed by atoms with van der Waals surface area (Å²) in [6.45, 7) is 1.13. The Kier molecular flexibility index (Phi) is 6.56. The summed E-state index contributed by atoms with van der Waals surface area (Å²) in [7, 11) is 3.23. The van der Waals surface area contributed by atoms with Gasteiger partial charge in [-0.25, -0.2) is 13.9 Å². The fourth-order valence-electron chi connectivity index (χ4n) is 3.34. The van der Waals surface area contributed by atoms with Crippen molar-refractivity contribution in [2.45, 2.75) is 19.8 Å². The molecule has 0 fully saturated rings. The van der Waals surface area contributed by atoms with Crippen molar-refractivity contribution in [1.82, 2.24) is 29.3 Å². The van der Waals surface area contributed by atoms with Gasteiger partial charge in [-0.2, -0.15) is 5.10 Å². The van der Waals surface area contributed by atoms with Crippen LogP contribution < -0.4 is 15.8 Å². The van der Waals surface area contributed by atoms with Crippen LogP contribution in [0.5, 0.6) is 5.75 Å². The number of likely N-dealkylation sites (N-methyl/N-ethyl adjacent to an activating group) is 1. The topological polar surface area (TPSA) is 133 Å². The zero-order valence-corrected chi connectivity index (χ0v) is 19.8. The van der Waals surface area contributed by atoms with Crippen LogP contribution in [-0.2, 0) is 11.3 Å². The van der Waals surface area contributed by atoms with Gasteiger partial charge in [-0.05, 0) is 24.3 Å². The lowest BCUT2D eigenvalue weighted by Crippen LogP contribution is -2.26. The Labute approximate surface area is 204 Å². The number of carbonyl (C=O) groups is 2. The van der Waals surface area contributed by atoms with Crippen molar-refractivity contribution in [2.24, 2.45) is 0 Å². The number of hydrogen-bond acceptors (Lipinski definition) is 7. The van der Waals surface area contributed by atoms with E-state index in [0.29, 0.717) is 10.6 Å². The van der Waals surface area contributed by atoms with E-state index in [9.17, 15) is 14.0 Å². The summed E-state index contributed by atoms with van der Waals surface area (Å²) in [6.07, 6.45) is 2.99. The highest BCUT2D eigenvalue weighted by atomic mass is 35.5. The molecule has 4 rings (SSSR count). The Balaban J connectivity index is 1.80. The smallest absolute Gasteiger partial charge is 0.263 e. The number of rotatable bonds is 7. The normalized spacial score (nSPS) is 11.9. The van der Waals surface area contributed by atoms with Gasteiger partial charge in [-0.1, -0.05) is 11.6 Å². The zero-order valence-electron chi connectivity index (χ0n) is 19.1. The summed E-state index contributed by atoms with van der Waals surface area (Å²) < 4.78 is 21.7. The number of nitrogens with two attached hydrogens (primary N) is 1. The molecule has 2 amide bonds. The molecule has 1 atom stereocenters. The number of nitrogens with zero attached hydrogens (tertiary/aromatic N) is 6. The van der Waals surface area contributed by atoms with Crippen LogP contribution in [0.15, 0.2) is 42.9 Å². The van der Waals surface area contributed by atoms with Crippen molar-refractivity contribution in [3.8, 4) is 17.0 Å². The molecule has 1 unspecified atom stereocenters. The predicted octanol–water partition coefficient (Wildman–Crippen LogP) is 2.86. The number of aromatic nitrogens is 5. The molecular weight excluding hydrogens is 479 g/mol. The van der Waals surface area contributed by atoms with Crippen molar-refractivity contribution in [2.75, 3.05) is 25.1 Å². The van der Waals surface area contributed by atoms with Crippen molar-refractivity contribution in [1.29, 1.82) is 0 Å². The highest BCUT2D eigenvalue weighted by Crippen LogP contribution is 2.37. The minimum atomic E-state index is -1.62. The van der Waals surface area contributed by atoms with E-state index in [2.05, 4.69) is 20.5 Å². The Morgan fingerprint density at radius 3 is 2.80 bits per heavy atom. The molecular formula is C22H22ClFN8O3. The Morgan fingerprint density at radius 1 is 1.31 bits per heavy atom. The fraction of sp³-hybridized carbons (Fsp3) is 0.227. The van der Waals surface area contributed by atoms with Gasteiger partial charge in [0.15, 0.2) is 11.5 Å². The number of alkyl halides is 1. The highest BCUT2D eigenvalue weighted by molar-refractivity contribution is 6.31.